The van der Waals surface area contributed by atoms with Crippen LogP contribution in [0.2, 0.25) is 0 Å². The number of fused-ring (bicyclic) bond motifs is 1. The molecule has 0 radical (unpaired) electrons. The van der Waals surface area contributed by atoms with Crippen molar-refractivity contribution in [2.45, 2.75) is 13.3 Å². The van der Waals surface area contributed by atoms with Crippen LogP contribution >= 0.6 is 0 Å². The molecular weight excluding hydrogens is 264 g/mol. The van der Waals surface area contributed by atoms with Gasteiger partial charge in [-0.25, -0.2) is 5.10 Å². The summed E-state index contributed by atoms with van der Waals surface area (Å²) in [5.41, 5.74) is 2.28. The summed E-state index contributed by atoms with van der Waals surface area (Å²) in [5.74, 6) is 0.0381. The minimum atomic E-state index is -0.188. The second-order valence-corrected chi connectivity index (χ2v) is 4.98. The zero-order valence-electron chi connectivity index (χ0n) is 11.6. The Kier molecular flexibility index (Phi) is 3.36. The first-order valence-electron chi connectivity index (χ1n) is 6.71. The van der Waals surface area contributed by atoms with Gasteiger partial charge in [0, 0.05) is 17.4 Å². The summed E-state index contributed by atoms with van der Waals surface area (Å²) < 4.78 is 0. The molecule has 0 spiro atoms. The molecule has 0 amide bonds. The highest BCUT2D eigenvalue weighted by Crippen LogP contribution is 2.17. The number of nitrogens with one attached hydrogen (secondary N) is 1. The average Bonchev–Trinajstić information content (AvgIpc) is 2.51. The molecule has 4 nitrogen and oxygen atoms in total. The maximum atomic E-state index is 11.8. The quantitative estimate of drug-likeness (QED) is 0.749. The standard InChI is InChI=1S/C17H14N2O2/c1-11(20)13-6-4-5-12(9-13)10-16-14-7-2-3-8-15(14)17(21)19-18-16/h2-9H,10H2,1H3,(H,19,21). The van der Waals surface area contributed by atoms with Crippen LogP contribution in [0.3, 0.4) is 0 Å². The van der Waals surface area contributed by atoms with E-state index < -0.39 is 0 Å². The fourth-order valence-electron chi connectivity index (χ4n) is 2.40. The minimum absolute atomic E-state index is 0.0381. The van der Waals surface area contributed by atoms with Gasteiger partial charge >= 0.3 is 0 Å². The van der Waals surface area contributed by atoms with Gasteiger partial charge in [0.25, 0.3) is 5.56 Å². The Morgan fingerprint density at radius 1 is 1.10 bits per heavy atom. The van der Waals surface area contributed by atoms with Crippen molar-refractivity contribution in [3.8, 4) is 0 Å². The summed E-state index contributed by atoms with van der Waals surface area (Å²) in [6, 6.07) is 14.9. The van der Waals surface area contributed by atoms with Crippen molar-refractivity contribution in [2.75, 3.05) is 0 Å². The van der Waals surface area contributed by atoms with E-state index in [-0.39, 0.29) is 11.3 Å². The van der Waals surface area contributed by atoms with Crippen LogP contribution in [-0.4, -0.2) is 16.0 Å². The lowest BCUT2D eigenvalue weighted by Gasteiger charge is -2.06. The lowest BCUT2D eigenvalue weighted by molar-refractivity contribution is 0.101. The molecular formula is C17H14N2O2. The topological polar surface area (TPSA) is 62.8 Å². The van der Waals surface area contributed by atoms with E-state index in [1.54, 1.807) is 19.1 Å². The highest BCUT2D eigenvalue weighted by atomic mass is 16.1. The highest BCUT2D eigenvalue weighted by molar-refractivity contribution is 5.94. The van der Waals surface area contributed by atoms with Crippen molar-refractivity contribution in [1.82, 2.24) is 10.2 Å². The van der Waals surface area contributed by atoms with Crippen LogP contribution in [0.1, 0.15) is 28.5 Å². The van der Waals surface area contributed by atoms with Gasteiger partial charge in [-0.3, -0.25) is 9.59 Å². The summed E-state index contributed by atoms with van der Waals surface area (Å²) >= 11 is 0. The van der Waals surface area contributed by atoms with Crippen molar-refractivity contribution < 1.29 is 4.79 Å². The maximum absolute atomic E-state index is 11.8. The number of aromatic amines is 1. The molecule has 1 N–H and O–H groups in total. The van der Waals surface area contributed by atoms with Gasteiger partial charge in [-0.15, -0.1) is 0 Å². The van der Waals surface area contributed by atoms with E-state index in [2.05, 4.69) is 10.2 Å². The van der Waals surface area contributed by atoms with E-state index in [9.17, 15) is 9.59 Å². The number of rotatable bonds is 3. The van der Waals surface area contributed by atoms with Crippen molar-refractivity contribution in [3.05, 3.63) is 75.7 Å². The number of aromatic nitrogens is 2. The van der Waals surface area contributed by atoms with Gasteiger partial charge in [0.05, 0.1) is 11.1 Å². The van der Waals surface area contributed by atoms with Crippen LogP contribution in [0.25, 0.3) is 10.8 Å². The summed E-state index contributed by atoms with van der Waals surface area (Å²) in [7, 11) is 0. The number of ketones is 1. The number of H-pyrrole nitrogens is 1. The normalized spacial score (nSPS) is 10.7. The minimum Gasteiger partial charge on any atom is -0.295 e. The van der Waals surface area contributed by atoms with Crippen molar-refractivity contribution in [2.24, 2.45) is 0 Å². The molecule has 0 saturated carbocycles. The molecule has 0 fully saturated rings. The molecule has 0 aliphatic heterocycles. The summed E-state index contributed by atoms with van der Waals surface area (Å²) in [4.78, 5) is 23.2. The monoisotopic (exact) mass is 278 g/mol. The summed E-state index contributed by atoms with van der Waals surface area (Å²) in [5, 5.41) is 8.15. The van der Waals surface area contributed by atoms with E-state index in [4.69, 9.17) is 0 Å². The number of carbonyl (C=O) groups excluding carboxylic acids is 1. The molecule has 0 saturated heterocycles. The fraction of sp³-hybridized carbons (Fsp3) is 0.118. The smallest absolute Gasteiger partial charge is 0.272 e. The number of hydrogen-bond acceptors (Lipinski definition) is 3. The van der Waals surface area contributed by atoms with Crippen LogP contribution in [-0.2, 0) is 6.42 Å². The Bertz CT molecular complexity index is 881. The maximum Gasteiger partial charge on any atom is 0.272 e. The molecule has 0 bridgehead atoms. The largest absolute Gasteiger partial charge is 0.295 e. The third-order valence-electron chi connectivity index (χ3n) is 3.48. The lowest BCUT2D eigenvalue weighted by Crippen LogP contribution is -2.11. The molecule has 1 aromatic heterocycles. The molecule has 0 aliphatic carbocycles. The van der Waals surface area contributed by atoms with Crippen LogP contribution in [0.15, 0.2) is 53.3 Å². The number of Topliss-reactive ketones (excluding diaryl/α,β-unsaturated/α-hetero) is 1. The van der Waals surface area contributed by atoms with Crippen LogP contribution in [0.5, 0.6) is 0 Å². The first-order valence-corrected chi connectivity index (χ1v) is 6.71. The second kappa shape index (κ2) is 5.32. The first kappa shape index (κ1) is 13.2. The number of benzene rings is 2. The van der Waals surface area contributed by atoms with Gasteiger partial charge in [0.2, 0.25) is 0 Å². The Balaban J connectivity index is 2.06. The van der Waals surface area contributed by atoms with Crippen LogP contribution < -0.4 is 5.56 Å². The lowest BCUT2D eigenvalue weighted by atomic mass is 10.0. The van der Waals surface area contributed by atoms with Crippen molar-refractivity contribution in [1.29, 1.82) is 0 Å². The zero-order chi connectivity index (χ0) is 14.8. The molecule has 21 heavy (non-hydrogen) atoms. The van der Waals surface area contributed by atoms with Crippen LogP contribution in [0.4, 0.5) is 0 Å². The number of carbonyl (C=O) groups is 1. The third kappa shape index (κ3) is 2.60. The third-order valence-corrected chi connectivity index (χ3v) is 3.48. The van der Waals surface area contributed by atoms with Gasteiger partial charge in [-0.05, 0) is 24.6 Å². The predicted molar refractivity (Wildman–Crippen MR) is 81.6 cm³/mol. The summed E-state index contributed by atoms with van der Waals surface area (Å²) in [6.45, 7) is 1.55. The second-order valence-electron chi connectivity index (χ2n) is 4.98. The van der Waals surface area contributed by atoms with Crippen molar-refractivity contribution >= 4 is 16.6 Å². The Morgan fingerprint density at radius 2 is 1.86 bits per heavy atom. The Labute approximate surface area is 121 Å². The van der Waals surface area contributed by atoms with Crippen molar-refractivity contribution in [3.63, 3.8) is 0 Å². The van der Waals surface area contributed by atoms with E-state index in [1.807, 2.05) is 36.4 Å². The van der Waals surface area contributed by atoms with E-state index in [0.29, 0.717) is 17.4 Å². The summed E-state index contributed by atoms with van der Waals surface area (Å²) in [6.07, 6.45) is 0.568. The molecule has 3 aromatic rings. The zero-order valence-corrected chi connectivity index (χ0v) is 11.6. The highest BCUT2D eigenvalue weighted by Gasteiger charge is 2.08. The molecule has 4 heteroatoms. The Morgan fingerprint density at radius 3 is 2.62 bits per heavy atom. The molecule has 2 aromatic carbocycles. The van der Waals surface area contributed by atoms with Gasteiger partial charge in [-0.2, -0.15) is 5.10 Å². The number of hydrogen-bond donors (Lipinski definition) is 1. The Hall–Kier alpha value is -2.75. The van der Waals surface area contributed by atoms with Gasteiger partial charge < -0.3 is 0 Å². The fourth-order valence-corrected chi connectivity index (χ4v) is 2.40. The van der Waals surface area contributed by atoms with E-state index >= 15 is 0 Å². The SMILES string of the molecule is CC(=O)c1cccc(Cc2n[nH]c(=O)c3ccccc23)c1. The molecule has 0 aliphatic rings. The molecule has 1 heterocycles. The van der Waals surface area contributed by atoms with Crippen LogP contribution in [0, 0.1) is 0 Å². The molecule has 0 atom stereocenters. The van der Waals surface area contributed by atoms with Gasteiger partial charge in [-0.1, -0.05) is 36.4 Å². The number of nitrogens with zero attached hydrogens (tertiary/aromatic N) is 1. The predicted octanol–water partition coefficient (Wildman–Crippen LogP) is 2.72. The van der Waals surface area contributed by atoms with Gasteiger partial charge in [0.1, 0.15) is 0 Å². The molecule has 104 valence electrons. The first-order chi connectivity index (χ1) is 10.1. The van der Waals surface area contributed by atoms with E-state index in [0.717, 1.165) is 16.6 Å². The molecule has 0 unspecified atom stereocenters. The molecule has 3 rings (SSSR count). The average molecular weight is 278 g/mol. The van der Waals surface area contributed by atoms with E-state index in [1.165, 1.54) is 0 Å². The van der Waals surface area contributed by atoms with Gasteiger partial charge in [0.15, 0.2) is 5.78 Å².